The number of piperazine rings is 1. The highest BCUT2D eigenvalue weighted by Gasteiger charge is 2.32. The molecule has 0 aromatic heterocycles. The van der Waals surface area contributed by atoms with Crippen LogP contribution in [0.25, 0.3) is 0 Å². The number of aliphatic hydroxyl groups is 1. The maximum Gasteiger partial charge on any atom is 0.0900 e. The first-order valence-corrected chi connectivity index (χ1v) is 6.13. The summed E-state index contributed by atoms with van der Waals surface area (Å²) in [5.41, 5.74) is 0. The number of nitrogens with one attached hydrogen (secondary N) is 1. The lowest BCUT2D eigenvalue weighted by atomic mass is 10.1. The molecule has 2 saturated heterocycles. The van der Waals surface area contributed by atoms with Crippen molar-refractivity contribution >= 4 is 0 Å². The SMILES string of the molecule is COCC(O)CN1CC(N2CCNCC2)C1. The third-order valence-corrected chi connectivity index (χ3v) is 3.43. The summed E-state index contributed by atoms with van der Waals surface area (Å²) in [5.74, 6) is 0. The molecule has 1 unspecified atom stereocenters. The van der Waals surface area contributed by atoms with Crippen molar-refractivity contribution in [3.05, 3.63) is 0 Å². The van der Waals surface area contributed by atoms with Gasteiger partial charge in [0.25, 0.3) is 0 Å². The van der Waals surface area contributed by atoms with Crippen LogP contribution in [0.5, 0.6) is 0 Å². The molecular weight excluding hydrogens is 206 g/mol. The molecule has 0 aliphatic carbocycles. The van der Waals surface area contributed by atoms with Crippen molar-refractivity contribution in [2.75, 3.05) is 59.5 Å². The number of hydrogen-bond donors (Lipinski definition) is 2. The van der Waals surface area contributed by atoms with Gasteiger partial charge in [-0.3, -0.25) is 9.80 Å². The van der Waals surface area contributed by atoms with Gasteiger partial charge in [0.2, 0.25) is 0 Å². The number of rotatable bonds is 5. The van der Waals surface area contributed by atoms with Gasteiger partial charge in [-0.1, -0.05) is 0 Å². The molecule has 5 nitrogen and oxygen atoms in total. The lowest BCUT2D eigenvalue weighted by Crippen LogP contribution is -2.63. The van der Waals surface area contributed by atoms with Crippen LogP contribution in [-0.2, 0) is 4.74 Å². The monoisotopic (exact) mass is 229 g/mol. The zero-order valence-corrected chi connectivity index (χ0v) is 10.1. The molecule has 16 heavy (non-hydrogen) atoms. The van der Waals surface area contributed by atoms with Crippen LogP contribution in [0.4, 0.5) is 0 Å². The second kappa shape index (κ2) is 5.93. The smallest absolute Gasteiger partial charge is 0.0900 e. The van der Waals surface area contributed by atoms with Gasteiger partial charge in [0, 0.05) is 59.0 Å². The van der Waals surface area contributed by atoms with E-state index < -0.39 is 0 Å². The van der Waals surface area contributed by atoms with Crippen LogP contribution in [0.2, 0.25) is 0 Å². The lowest BCUT2D eigenvalue weighted by Gasteiger charge is -2.47. The van der Waals surface area contributed by atoms with Gasteiger partial charge in [-0.2, -0.15) is 0 Å². The van der Waals surface area contributed by atoms with E-state index >= 15 is 0 Å². The molecule has 0 saturated carbocycles. The maximum absolute atomic E-state index is 9.59. The quantitative estimate of drug-likeness (QED) is 0.606. The van der Waals surface area contributed by atoms with Crippen LogP contribution >= 0.6 is 0 Å². The number of ether oxygens (including phenoxy) is 1. The Kier molecular flexibility index (Phi) is 4.55. The molecule has 0 radical (unpaired) electrons. The van der Waals surface area contributed by atoms with E-state index in [4.69, 9.17) is 4.74 Å². The Morgan fingerprint density at radius 2 is 2.06 bits per heavy atom. The van der Waals surface area contributed by atoms with Crippen LogP contribution in [0.3, 0.4) is 0 Å². The predicted octanol–water partition coefficient (Wildman–Crippen LogP) is -1.42. The molecule has 2 fully saturated rings. The summed E-state index contributed by atoms with van der Waals surface area (Å²) in [6.45, 7) is 7.94. The molecule has 2 N–H and O–H groups in total. The fourth-order valence-corrected chi connectivity index (χ4v) is 2.51. The average Bonchev–Trinajstić information content (AvgIpc) is 2.24. The number of nitrogens with zero attached hydrogens (tertiary/aromatic N) is 2. The third kappa shape index (κ3) is 3.15. The second-order valence-electron chi connectivity index (χ2n) is 4.77. The summed E-state index contributed by atoms with van der Waals surface area (Å²) in [6.07, 6.45) is -0.339. The largest absolute Gasteiger partial charge is 0.389 e. The van der Waals surface area contributed by atoms with Crippen LogP contribution in [-0.4, -0.2) is 86.6 Å². The van der Waals surface area contributed by atoms with Crippen LogP contribution in [0.15, 0.2) is 0 Å². The standard InChI is InChI=1S/C11H23N3O2/c1-16-9-11(15)8-13-6-10(7-13)14-4-2-12-3-5-14/h10-12,15H,2-9H2,1H3. The summed E-state index contributed by atoms with van der Waals surface area (Å²) in [7, 11) is 1.63. The van der Waals surface area contributed by atoms with E-state index in [1.807, 2.05) is 0 Å². The van der Waals surface area contributed by atoms with E-state index in [1.165, 1.54) is 13.1 Å². The molecule has 0 aromatic rings. The Labute approximate surface area is 97.4 Å². The molecular formula is C11H23N3O2. The van der Waals surface area contributed by atoms with Crippen molar-refractivity contribution in [1.29, 1.82) is 0 Å². The first kappa shape index (κ1) is 12.3. The van der Waals surface area contributed by atoms with Crippen molar-refractivity contribution in [3.63, 3.8) is 0 Å². The molecule has 0 bridgehead atoms. The number of likely N-dealkylation sites (tertiary alicyclic amines) is 1. The van der Waals surface area contributed by atoms with Crippen molar-refractivity contribution < 1.29 is 9.84 Å². The Morgan fingerprint density at radius 3 is 2.69 bits per heavy atom. The topological polar surface area (TPSA) is 48.0 Å². The average molecular weight is 229 g/mol. The highest BCUT2D eigenvalue weighted by Crippen LogP contribution is 2.15. The summed E-state index contributed by atoms with van der Waals surface area (Å²) in [6, 6.07) is 0.705. The normalized spacial score (nSPS) is 26.6. The molecule has 1 atom stereocenters. The number of hydrogen-bond acceptors (Lipinski definition) is 5. The highest BCUT2D eigenvalue weighted by atomic mass is 16.5. The first-order chi connectivity index (χ1) is 7.79. The predicted molar refractivity (Wildman–Crippen MR) is 62.6 cm³/mol. The Morgan fingerprint density at radius 1 is 1.38 bits per heavy atom. The fraction of sp³-hybridized carbons (Fsp3) is 1.00. The van der Waals surface area contributed by atoms with Crippen LogP contribution in [0, 0.1) is 0 Å². The van der Waals surface area contributed by atoms with E-state index in [2.05, 4.69) is 15.1 Å². The Bertz CT molecular complexity index is 203. The minimum Gasteiger partial charge on any atom is -0.389 e. The molecule has 2 rings (SSSR count). The minimum atomic E-state index is -0.339. The lowest BCUT2D eigenvalue weighted by molar-refractivity contribution is -0.0195. The molecule has 2 aliphatic rings. The van der Waals surface area contributed by atoms with Crippen molar-refractivity contribution in [2.24, 2.45) is 0 Å². The van der Waals surface area contributed by atoms with E-state index in [0.717, 1.165) is 32.7 Å². The first-order valence-electron chi connectivity index (χ1n) is 6.13. The number of aliphatic hydroxyl groups excluding tert-OH is 1. The number of β-amino-alcohol motifs (C(OH)–C–C–N with tert-alkyl or cyclic N) is 1. The third-order valence-electron chi connectivity index (χ3n) is 3.43. The fourth-order valence-electron chi connectivity index (χ4n) is 2.51. The molecule has 5 heteroatoms. The van der Waals surface area contributed by atoms with E-state index in [1.54, 1.807) is 7.11 Å². The summed E-state index contributed by atoms with van der Waals surface area (Å²) >= 11 is 0. The van der Waals surface area contributed by atoms with Gasteiger partial charge in [-0.25, -0.2) is 0 Å². The second-order valence-corrected chi connectivity index (χ2v) is 4.77. The van der Waals surface area contributed by atoms with Crippen molar-refractivity contribution in [2.45, 2.75) is 12.1 Å². The van der Waals surface area contributed by atoms with E-state index in [0.29, 0.717) is 12.6 Å². The van der Waals surface area contributed by atoms with E-state index in [-0.39, 0.29) is 6.10 Å². The van der Waals surface area contributed by atoms with Crippen molar-refractivity contribution in [3.8, 4) is 0 Å². The van der Waals surface area contributed by atoms with Crippen LogP contribution in [0.1, 0.15) is 0 Å². The highest BCUT2D eigenvalue weighted by molar-refractivity contribution is 4.90. The van der Waals surface area contributed by atoms with Gasteiger partial charge in [0.15, 0.2) is 0 Å². The van der Waals surface area contributed by atoms with Crippen molar-refractivity contribution in [1.82, 2.24) is 15.1 Å². The van der Waals surface area contributed by atoms with E-state index in [9.17, 15) is 5.11 Å². The summed E-state index contributed by atoms with van der Waals surface area (Å²) in [5, 5.41) is 13.0. The summed E-state index contributed by atoms with van der Waals surface area (Å²) in [4.78, 5) is 4.85. The molecule has 0 amide bonds. The molecule has 2 heterocycles. The molecule has 94 valence electrons. The summed E-state index contributed by atoms with van der Waals surface area (Å²) < 4.78 is 4.92. The zero-order valence-electron chi connectivity index (χ0n) is 10.1. The van der Waals surface area contributed by atoms with Gasteiger partial charge >= 0.3 is 0 Å². The maximum atomic E-state index is 9.59. The Hall–Kier alpha value is -0.200. The van der Waals surface area contributed by atoms with Gasteiger partial charge < -0.3 is 15.2 Å². The Balaban J connectivity index is 1.61. The van der Waals surface area contributed by atoms with Gasteiger partial charge in [-0.05, 0) is 0 Å². The molecule has 0 aromatic carbocycles. The number of methoxy groups -OCH3 is 1. The molecule has 2 aliphatic heterocycles. The zero-order chi connectivity index (χ0) is 11.4. The van der Waals surface area contributed by atoms with Gasteiger partial charge in [0.1, 0.15) is 0 Å². The van der Waals surface area contributed by atoms with Gasteiger partial charge in [-0.15, -0.1) is 0 Å². The molecule has 0 spiro atoms. The van der Waals surface area contributed by atoms with Gasteiger partial charge in [0.05, 0.1) is 12.7 Å². The van der Waals surface area contributed by atoms with Crippen LogP contribution < -0.4 is 5.32 Å². The minimum absolute atomic E-state index is 0.339.